The van der Waals surface area contributed by atoms with Crippen molar-refractivity contribution in [2.75, 3.05) is 46.9 Å². The van der Waals surface area contributed by atoms with Gasteiger partial charge in [0.2, 0.25) is 0 Å². The number of esters is 1. The van der Waals surface area contributed by atoms with Gasteiger partial charge in [-0.15, -0.1) is 0 Å². The molecule has 3 rings (SSSR count). The third kappa shape index (κ3) is 4.20. The molecule has 6 nitrogen and oxygen atoms in total. The van der Waals surface area contributed by atoms with E-state index in [-0.39, 0.29) is 5.97 Å². The largest absolute Gasteiger partial charge is 0.466 e. The topological polar surface area (TPSA) is 58.8 Å². The Morgan fingerprint density at radius 1 is 1.23 bits per heavy atom. The highest BCUT2D eigenvalue weighted by atomic mass is 16.5. The predicted octanol–water partition coefficient (Wildman–Crippen LogP) is 2.45. The van der Waals surface area contributed by atoms with Crippen LogP contribution in [0.15, 0.2) is 40.4 Å². The van der Waals surface area contributed by atoms with Crippen molar-refractivity contribution < 1.29 is 14.1 Å². The van der Waals surface area contributed by atoms with Gasteiger partial charge in [0.15, 0.2) is 0 Å². The van der Waals surface area contributed by atoms with Crippen LogP contribution in [-0.4, -0.2) is 67.8 Å². The van der Waals surface area contributed by atoms with Gasteiger partial charge in [-0.3, -0.25) is 4.90 Å². The summed E-state index contributed by atoms with van der Waals surface area (Å²) in [4.78, 5) is 16.9. The van der Waals surface area contributed by atoms with Gasteiger partial charge in [0.1, 0.15) is 11.5 Å². The summed E-state index contributed by atoms with van der Waals surface area (Å²) in [5, 5.41) is 4.19. The Hall–Kier alpha value is -2.44. The Balaban J connectivity index is 1.91. The van der Waals surface area contributed by atoms with Crippen molar-refractivity contribution in [3.63, 3.8) is 0 Å². The summed E-state index contributed by atoms with van der Waals surface area (Å²) in [6.07, 6.45) is 1.86. The zero-order valence-electron chi connectivity index (χ0n) is 15.6. The number of hydrogen-bond donors (Lipinski definition) is 0. The normalized spacial score (nSPS) is 16.7. The maximum absolute atomic E-state index is 12.4. The highest BCUT2D eigenvalue weighted by Gasteiger charge is 2.21. The lowest BCUT2D eigenvalue weighted by Crippen LogP contribution is -2.45. The van der Waals surface area contributed by atoms with Crippen LogP contribution in [-0.2, 0) is 9.53 Å². The number of benzene rings is 1. The molecular formula is C20H25N3O3. The molecule has 0 bridgehead atoms. The summed E-state index contributed by atoms with van der Waals surface area (Å²) in [5.41, 5.74) is 3.13. The van der Waals surface area contributed by atoms with Crippen molar-refractivity contribution in [1.29, 1.82) is 0 Å². The molecule has 1 aromatic heterocycles. The molecule has 0 spiro atoms. The van der Waals surface area contributed by atoms with Gasteiger partial charge in [0.05, 0.1) is 12.7 Å². The van der Waals surface area contributed by atoms with Crippen LogP contribution in [0.2, 0.25) is 0 Å². The van der Waals surface area contributed by atoms with Crippen LogP contribution in [0, 0.1) is 6.92 Å². The Bertz CT molecular complexity index is 775. The maximum atomic E-state index is 12.4. The number of hydrogen-bond acceptors (Lipinski definition) is 6. The van der Waals surface area contributed by atoms with E-state index in [0.717, 1.165) is 43.0 Å². The Morgan fingerprint density at radius 3 is 2.58 bits per heavy atom. The van der Waals surface area contributed by atoms with E-state index in [0.29, 0.717) is 17.9 Å². The summed E-state index contributed by atoms with van der Waals surface area (Å²) in [7, 11) is 3.53. The molecule has 0 unspecified atom stereocenters. The molecule has 2 aromatic rings. The summed E-state index contributed by atoms with van der Waals surface area (Å²) in [6, 6.07) is 9.83. The molecule has 6 heteroatoms. The second-order valence-corrected chi connectivity index (χ2v) is 6.61. The van der Waals surface area contributed by atoms with Gasteiger partial charge in [-0.2, -0.15) is 0 Å². The number of likely N-dealkylation sites (N-methyl/N-ethyl adjacent to an activating group) is 1. The molecule has 1 aromatic carbocycles. The average molecular weight is 355 g/mol. The zero-order chi connectivity index (χ0) is 18.5. The van der Waals surface area contributed by atoms with Crippen molar-refractivity contribution in [2.24, 2.45) is 0 Å². The van der Waals surface area contributed by atoms with Crippen LogP contribution >= 0.6 is 0 Å². The summed E-state index contributed by atoms with van der Waals surface area (Å²) in [5.74, 6) is 0.368. The van der Waals surface area contributed by atoms with Gasteiger partial charge in [0.25, 0.3) is 0 Å². The van der Waals surface area contributed by atoms with E-state index in [1.807, 2.05) is 43.3 Å². The number of aromatic nitrogens is 1. The molecule has 0 atom stereocenters. The van der Waals surface area contributed by atoms with Gasteiger partial charge in [-0.25, -0.2) is 4.79 Å². The fourth-order valence-corrected chi connectivity index (χ4v) is 3.07. The predicted molar refractivity (Wildman–Crippen MR) is 101 cm³/mol. The van der Waals surface area contributed by atoms with Crippen molar-refractivity contribution in [1.82, 2.24) is 15.0 Å². The lowest BCUT2D eigenvalue weighted by Gasteiger charge is -2.32. The van der Waals surface area contributed by atoms with Crippen LogP contribution in [0.4, 0.5) is 0 Å². The van der Waals surface area contributed by atoms with Gasteiger partial charge in [-0.05, 0) is 20.0 Å². The van der Waals surface area contributed by atoms with E-state index in [1.165, 1.54) is 7.11 Å². The minimum atomic E-state index is -0.316. The van der Waals surface area contributed by atoms with Crippen LogP contribution < -0.4 is 0 Å². The fourth-order valence-electron chi connectivity index (χ4n) is 3.07. The third-order valence-corrected chi connectivity index (χ3v) is 4.71. The maximum Gasteiger partial charge on any atom is 0.335 e. The highest BCUT2D eigenvalue weighted by molar-refractivity contribution is 5.95. The summed E-state index contributed by atoms with van der Waals surface area (Å²) >= 11 is 0. The monoisotopic (exact) mass is 355 g/mol. The van der Waals surface area contributed by atoms with E-state index in [4.69, 9.17) is 9.26 Å². The Kier molecular flexibility index (Phi) is 5.85. The zero-order valence-corrected chi connectivity index (χ0v) is 15.6. The molecule has 26 heavy (non-hydrogen) atoms. The number of rotatable bonds is 5. The van der Waals surface area contributed by atoms with Gasteiger partial charge < -0.3 is 14.2 Å². The molecule has 0 amide bonds. The van der Waals surface area contributed by atoms with Crippen LogP contribution in [0.3, 0.4) is 0 Å². The first-order valence-corrected chi connectivity index (χ1v) is 8.80. The minimum absolute atomic E-state index is 0.316. The summed E-state index contributed by atoms with van der Waals surface area (Å²) in [6.45, 7) is 6.26. The molecule has 1 aliphatic heterocycles. The Labute approximate surface area is 154 Å². The van der Waals surface area contributed by atoms with E-state index < -0.39 is 0 Å². The average Bonchev–Trinajstić information content (AvgIpc) is 3.03. The number of carbonyl (C=O) groups excluding carboxylic acids is 1. The first-order valence-electron chi connectivity index (χ1n) is 8.80. The number of nitrogens with zero attached hydrogens (tertiary/aromatic N) is 3. The molecular weight excluding hydrogens is 330 g/mol. The number of ether oxygens (including phenoxy) is 1. The van der Waals surface area contributed by atoms with E-state index in [2.05, 4.69) is 22.0 Å². The lowest BCUT2D eigenvalue weighted by molar-refractivity contribution is -0.136. The molecule has 0 aliphatic carbocycles. The van der Waals surface area contributed by atoms with Crippen molar-refractivity contribution in [3.8, 4) is 11.3 Å². The molecule has 2 heterocycles. The smallest absolute Gasteiger partial charge is 0.335 e. The summed E-state index contributed by atoms with van der Waals surface area (Å²) < 4.78 is 10.4. The highest BCUT2D eigenvalue weighted by Crippen LogP contribution is 2.27. The van der Waals surface area contributed by atoms with E-state index in [9.17, 15) is 4.79 Å². The molecule has 0 saturated carbocycles. The number of methoxy groups -OCH3 is 1. The third-order valence-electron chi connectivity index (χ3n) is 4.71. The van der Waals surface area contributed by atoms with Gasteiger partial charge in [0, 0.05) is 43.9 Å². The molecule has 1 fully saturated rings. The second-order valence-electron chi connectivity index (χ2n) is 6.61. The van der Waals surface area contributed by atoms with Crippen molar-refractivity contribution >= 4 is 12.0 Å². The number of carbonyl (C=O) groups is 1. The number of aryl methyl sites for hydroxylation is 1. The first-order chi connectivity index (χ1) is 12.6. The molecule has 0 radical (unpaired) electrons. The van der Waals surface area contributed by atoms with E-state index in [1.54, 1.807) is 0 Å². The molecule has 138 valence electrons. The van der Waals surface area contributed by atoms with Crippen LogP contribution in [0.1, 0.15) is 11.3 Å². The standard InChI is InChI=1S/C20H25N3O3/c1-15-18(19(21-26-15)16-7-5-4-6-8-16)13-17(20(24)25-3)14-23-11-9-22(2)10-12-23/h4-8,13H,9-12,14H2,1-3H3/b17-13+. The van der Waals surface area contributed by atoms with Crippen molar-refractivity contribution in [3.05, 3.63) is 47.2 Å². The molecule has 1 aliphatic rings. The Morgan fingerprint density at radius 2 is 1.92 bits per heavy atom. The molecule has 0 N–H and O–H groups in total. The lowest BCUT2D eigenvalue weighted by atomic mass is 10.0. The van der Waals surface area contributed by atoms with Crippen molar-refractivity contribution in [2.45, 2.75) is 6.92 Å². The number of piperazine rings is 1. The second kappa shape index (κ2) is 8.29. The molecule has 1 saturated heterocycles. The SMILES string of the molecule is COC(=O)/C(=C/c1c(-c2ccccc2)noc1C)CN1CCN(C)CC1. The minimum Gasteiger partial charge on any atom is -0.466 e. The van der Waals surface area contributed by atoms with E-state index >= 15 is 0 Å². The van der Waals surface area contributed by atoms with Crippen LogP contribution in [0.5, 0.6) is 0 Å². The quantitative estimate of drug-likeness (QED) is 0.607. The van der Waals surface area contributed by atoms with Gasteiger partial charge in [-0.1, -0.05) is 35.5 Å². The van der Waals surface area contributed by atoms with Gasteiger partial charge >= 0.3 is 5.97 Å². The van der Waals surface area contributed by atoms with Crippen LogP contribution in [0.25, 0.3) is 17.3 Å². The first kappa shape index (κ1) is 18.4. The fraction of sp³-hybridized carbons (Fsp3) is 0.400.